The Morgan fingerprint density at radius 2 is 2.28 bits per heavy atom. The Bertz CT molecular complexity index is 800. The Labute approximate surface area is 169 Å². The van der Waals surface area contributed by atoms with Crippen LogP contribution in [0.5, 0.6) is 0 Å². The second-order valence-corrected chi connectivity index (χ2v) is 7.23. The standard InChI is InChI=1S/C20H28FN5O3/c1-2-9-22-20(28)23-17-7-6-16(29-19(17)13-27)8-10-26-12-18(24-25-26)14-4-3-5-15(21)11-14/h3-5,11-12,16-17,19,27H,2,6-10,13H2,1H3,(H2,22,23,28)/t16-,17+,19+/m1/s1. The van der Waals surface area contributed by atoms with Crippen molar-refractivity contribution in [1.29, 1.82) is 0 Å². The van der Waals surface area contributed by atoms with Gasteiger partial charge in [0.05, 0.1) is 24.9 Å². The third kappa shape index (κ3) is 5.98. The maximum absolute atomic E-state index is 13.4. The third-order valence-corrected chi connectivity index (χ3v) is 4.99. The molecule has 2 aromatic rings. The van der Waals surface area contributed by atoms with Gasteiger partial charge in [0.25, 0.3) is 0 Å². The van der Waals surface area contributed by atoms with Crippen LogP contribution in [-0.4, -0.2) is 57.5 Å². The van der Waals surface area contributed by atoms with Gasteiger partial charge in [-0.2, -0.15) is 0 Å². The highest BCUT2D eigenvalue weighted by atomic mass is 19.1. The number of nitrogens with zero attached hydrogens (tertiary/aromatic N) is 3. The molecule has 0 unspecified atom stereocenters. The van der Waals surface area contributed by atoms with Crippen molar-refractivity contribution < 1.29 is 19.0 Å². The summed E-state index contributed by atoms with van der Waals surface area (Å²) in [5.41, 5.74) is 1.30. The first kappa shape index (κ1) is 21.2. The minimum atomic E-state index is -0.431. The van der Waals surface area contributed by atoms with Gasteiger partial charge < -0.3 is 20.5 Å². The van der Waals surface area contributed by atoms with Crippen LogP contribution in [0, 0.1) is 5.82 Å². The summed E-state index contributed by atoms with van der Waals surface area (Å²) in [6, 6.07) is 5.80. The van der Waals surface area contributed by atoms with E-state index in [4.69, 9.17) is 4.74 Å². The average Bonchev–Trinajstić information content (AvgIpc) is 3.20. The number of halogens is 1. The van der Waals surface area contributed by atoms with Crippen molar-refractivity contribution in [1.82, 2.24) is 25.6 Å². The molecule has 1 aromatic heterocycles. The fourth-order valence-corrected chi connectivity index (χ4v) is 3.43. The zero-order chi connectivity index (χ0) is 20.6. The summed E-state index contributed by atoms with van der Waals surface area (Å²) in [5.74, 6) is -0.311. The molecule has 0 aliphatic carbocycles. The van der Waals surface area contributed by atoms with Gasteiger partial charge >= 0.3 is 6.03 Å². The van der Waals surface area contributed by atoms with Gasteiger partial charge in [-0.05, 0) is 37.8 Å². The fourth-order valence-electron chi connectivity index (χ4n) is 3.43. The number of aromatic nitrogens is 3. The topological polar surface area (TPSA) is 101 Å². The van der Waals surface area contributed by atoms with Gasteiger partial charge in [0.15, 0.2) is 0 Å². The van der Waals surface area contributed by atoms with E-state index < -0.39 is 6.10 Å². The summed E-state index contributed by atoms with van der Waals surface area (Å²) in [5, 5.41) is 23.5. The van der Waals surface area contributed by atoms with Gasteiger partial charge in [-0.3, -0.25) is 4.68 Å². The number of carbonyl (C=O) groups excluding carboxylic acids is 1. The van der Waals surface area contributed by atoms with E-state index in [0.717, 1.165) is 19.3 Å². The number of hydrogen-bond donors (Lipinski definition) is 3. The molecule has 1 fully saturated rings. The molecular weight excluding hydrogens is 377 g/mol. The lowest BCUT2D eigenvalue weighted by Crippen LogP contribution is -2.53. The fraction of sp³-hybridized carbons (Fsp3) is 0.550. The van der Waals surface area contributed by atoms with Crippen LogP contribution in [0.2, 0.25) is 0 Å². The van der Waals surface area contributed by atoms with Crippen molar-refractivity contribution in [3.63, 3.8) is 0 Å². The van der Waals surface area contributed by atoms with Crippen LogP contribution in [-0.2, 0) is 11.3 Å². The number of nitrogens with one attached hydrogen (secondary N) is 2. The molecular formula is C20H28FN5O3. The van der Waals surface area contributed by atoms with E-state index in [0.29, 0.717) is 30.8 Å². The largest absolute Gasteiger partial charge is 0.394 e. The minimum absolute atomic E-state index is 0.0364. The van der Waals surface area contributed by atoms with Crippen LogP contribution < -0.4 is 10.6 Å². The first-order valence-electron chi connectivity index (χ1n) is 10.1. The second-order valence-electron chi connectivity index (χ2n) is 7.23. The van der Waals surface area contributed by atoms with Crippen LogP contribution in [0.1, 0.15) is 32.6 Å². The summed E-state index contributed by atoms with van der Waals surface area (Å²) < 4.78 is 21.1. The van der Waals surface area contributed by atoms with E-state index in [-0.39, 0.29) is 30.6 Å². The number of urea groups is 1. The maximum atomic E-state index is 13.4. The lowest BCUT2D eigenvalue weighted by molar-refractivity contribution is -0.0907. The molecule has 3 rings (SSSR count). The van der Waals surface area contributed by atoms with Gasteiger partial charge in [-0.15, -0.1) is 5.10 Å². The van der Waals surface area contributed by atoms with Gasteiger partial charge in [-0.25, -0.2) is 9.18 Å². The molecule has 1 aliphatic rings. The summed E-state index contributed by atoms with van der Waals surface area (Å²) >= 11 is 0. The van der Waals surface area contributed by atoms with Crippen molar-refractivity contribution in [3.8, 4) is 11.3 Å². The highest BCUT2D eigenvalue weighted by Crippen LogP contribution is 2.23. The molecule has 1 aromatic carbocycles. The number of ether oxygens (including phenoxy) is 1. The quantitative estimate of drug-likeness (QED) is 0.624. The molecule has 29 heavy (non-hydrogen) atoms. The van der Waals surface area contributed by atoms with Crippen molar-refractivity contribution in [2.45, 2.75) is 57.4 Å². The Morgan fingerprint density at radius 1 is 1.41 bits per heavy atom. The predicted molar refractivity (Wildman–Crippen MR) is 106 cm³/mol. The first-order valence-corrected chi connectivity index (χ1v) is 10.1. The van der Waals surface area contributed by atoms with Crippen LogP contribution in [0.15, 0.2) is 30.5 Å². The lowest BCUT2D eigenvalue weighted by atomic mass is 9.97. The molecule has 3 N–H and O–H groups in total. The van der Waals surface area contributed by atoms with Crippen LogP contribution in [0.3, 0.4) is 0 Å². The predicted octanol–water partition coefficient (Wildman–Crippen LogP) is 2.09. The number of rotatable bonds is 8. The molecule has 1 aliphatic heterocycles. The van der Waals surface area contributed by atoms with E-state index in [2.05, 4.69) is 20.9 Å². The number of benzene rings is 1. The lowest BCUT2D eigenvalue weighted by Gasteiger charge is -2.36. The maximum Gasteiger partial charge on any atom is 0.315 e. The summed E-state index contributed by atoms with van der Waals surface area (Å²) in [6.45, 7) is 3.05. The Kier molecular flexibility index (Phi) is 7.54. The SMILES string of the molecule is CCCNC(=O)N[C@H]1CC[C@H](CCn2cc(-c3cccc(F)c3)nn2)O[C@H]1CO. The smallest absolute Gasteiger partial charge is 0.315 e. The zero-order valence-corrected chi connectivity index (χ0v) is 16.6. The molecule has 2 amide bonds. The molecule has 2 heterocycles. The van der Waals surface area contributed by atoms with E-state index in [1.807, 2.05) is 6.92 Å². The molecule has 0 radical (unpaired) electrons. The molecule has 1 saturated heterocycles. The van der Waals surface area contributed by atoms with E-state index >= 15 is 0 Å². The molecule has 3 atom stereocenters. The van der Waals surface area contributed by atoms with Crippen molar-refractivity contribution in [2.75, 3.05) is 13.2 Å². The Hall–Kier alpha value is -2.52. The van der Waals surface area contributed by atoms with Crippen molar-refractivity contribution in [3.05, 3.63) is 36.3 Å². The van der Waals surface area contributed by atoms with Crippen molar-refractivity contribution >= 4 is 6.03 Å². The zero-order valence-electron chi connectivity index (χ0n) is 16.6. The number of aliphatic hydroxyl groups is 1. The molecule has 158 valence electrons. The molecule has 8 nitrogen and oxygen atoms in total. The van der Waals surface area contributed by atoms with Gasteiger partial charge in [0.2, 0.25) is 0 Å². The normalized spacial score (nSPS) is 21.7. The monoisotopic (exact) mass is 405 g/mol. The van der Waals surface area contributed by atoms with E-state index in [9.17, 15) is 14.3 Å². The highest BCUT2D eigenvalue weighted by Gasteiger charge is 2.31. The number of aliphatic hydroxyl groups excluding tert-OH is 1. The molecule has 9 heteroatoms. The van der Waals surface area contributed by atoms with Crippen molar-refractivity contribution in [2.24, 2.45) is 0 Å². The van der Waals surface area contributed by atoms with Crippen LogP contribution in [0.4, 0.5) is 9.18 Å². The number of amides is 2. The average molecular weight is 405 g/mol. The van der Waals surface area contributed by atoms with Crippen LogP contribution in [0.25, 0.3) is 11.3 Å². The Balaban J connectivity index is 1.49. The number of aryl methyl sites for hydroxylation is 1. The third-order valence-electron chi connectivity index (χ3n) is 4.99. The molecule has 0 bridgehead atoms. The Morgan fingerprint density at radius 3 is 3.03 bits per heavy atom. The number of carbonyl (C=O) groups is 1. The molecule has 0 spiro atoms. The minimum Gasteiger partial charge on any atom is -0.394 e. The highest BCUT2D eigenvalue weighted by molar-refractivity contribution is 5.74. The summed E-state index contributed by atoms with van der Waals surface area (Å²) in [4.78, 5) is 11.9. The summed E-state index contributed by atoms with van der Waals surface area (Å²) in [7, 11) is 0. The molecule has 0 saturated carbocycles. The van der Waals surface area contributed by atoms with E-state index in [1.54, 1.807) is 23.0 Å². The second kappa shape index (κ2) is 10.3. The first-order chi connectivity index (χ1) is 14.1. The van der Waals surface area contributed by atoms with E-state index in [1.165, 1.54) is 12.1 Å². The summed E-state index contributed by atoms with van der Waals surface area (Å²) in [6.07, 6.45) is 4.40. The van der Waals surface area contributed by atoms with Gasteiger partial charge in [-0.1, -0.05) is 24.3 Å². The van der Waals surface area contributed by atoms with Crippen LogP contribution >= 0.6 is 0 Å². The van der Waals surface area contributed by atoms with Gasteiger partial charge in [0, 0.05) is 18.7 Å². The number of hydrogen-bond acceptors (Lipinski definition) is 5. The van der Waals surface area contributed by atoms with Gasteiger partial charge in [0.1, 0.15) is 17.6 Å².